The van der Waals surface area contributed by atoms with Gasteiger partial charge < -0.3 is 10.4 Å². The fourth-order valence-electron chi connectivity index (χ4n) is 2.86. The van der Waals surface area contributed by atoms with E-state index in [1.54, 1.807) is 0 Å². The highest BCUT2D eigenvalue weighted by Crippen LogP contribution is 2.32. The number of benzene rings is 1. The van der Waals surface area contributed by atoms with Crippen LogP contribution in [-0.4, -0.2) is 39.1 Å². The Bertz CT molecular complexity index is 695. The van der Waals surface area contributed by atoms with Gasteiger partial charge in [-0.3, -0.25) is 9.59 Å². The fourth-order valence-corrected chi connectivity index (χ4v) is 2.86. The molecule has 0 aromatic heterocycles. The van der Waals surface area contributed by atoms with Crippen LogP contribution in [0.5, 0.6) is 0 Å². The molecule has 0 radical (unpaired) electrons. The SMILES string of the molecule is O=C(NC1(C(=O)O)CCC1)C1=NN(Cc2ccccc2)C(=O)CC1. The quantitative estimate of drug-likeness (QED) is 0.850. The molecule has 2 aliphatic rings. The number of carboxylic acid groups (broad SMARTS) is 1. The van der Waals surface area contributed by atoms with Gasteiger partial charge in [-0.2, -0.15) is 5.10 Å². The van der Waals surface area contributed by atoms with E-state index in [-0.39, 0.29) is 24.5 Å². The predicted molar refractivity (Wildman–Crippen MR) is 86.0 cm³/mol. The van der Waals surface area contributed by atoms with Crippen molar-refractivity contribution >= 4 is 23.5 Å². The second-order valence-corrected chi connectivity index (χ2v) is 6.18. The summed E-state index contributed by atoms with van der Waals surface area (Å²) in [5.41, 5.74) is -0.0546. The van der Waals surface area contributed by atoms with Crippen LogP contribution >= 0.6 is 0 Å². The van der Waals surface area contributed by atoms with Gasteiger partial charge in [0.15, 0.2) is 0 Å². The average Bonchev–Trinajstić information content (AvgIpc) is 2.53. The molecule has 126 valence electrons. The van der Waals surface area contributed by atoms with Crippen LogP contribution in [0.3, 0.4) is 0 Å². The fraction of sp³-hybridized carbons (Fsp3) is 0.412. The molecule has 2 N–H and O–H groups in total. The lowest BCUT2D eigenvalue weighted by atomic mass is 9.76. The summed E-state index contributed by atoms with van der Waals surface area (Å²) in [7, 11) is 0. The van der Waals surface area contributed by atoms with Gasteiger partial charge in [0.2, 0.25) is 5.91 Å². The van der Waals surface area contributed by atoms with Crippen molar-refractivity contribution < 1.29 is 19.5 Å². The van der Waals surface area contributed by atoms with Crippen LogP contribution in [0, 0.1) is 0 Å². The highest BCUT2D eigenvalue weighted by molar-refractivity contribution is 6.40. The van der Waals surface area contributed by atoms with Gasteiger partial charge in [0.05, 0.1) is 6.54 Å². The van der Waals surface area contributed by atoms with Crippen LogP contribution in [0.1, 0.15) is 37.7 Å². The zero-order chi connectivity index (χ0) is 17.2. The van der Waals surface area contributed by atoms with Crippen LogP contribution in [0.25, 0.3) is 0 Å². The molecule has 7 heteroatoms. The molecule has 0 spiro atoms. The highest BCUT2D eigenvalue weighted by atomic mass is 16.4. The zero-order valence-corrected chi connectivity index (χ0v) is 13.2. The average molecular weight is 329 g/mol. The van der Waals surface area contributed by atoms with Gasteiger partial charge in [-0.15, -0.1) is 0 Å². The Labute approximate surface area is 139 Å². The number of carbonyl (C=O) groups is 3. The number of nitrogens with zero attached hydrogens (tertiary/aromatic N) is 2. The lowest BCUT2D eigenvalue weighted by Crippen LogP contribution is -2.60. The molecule has 2 amide bonds. The summed E-state index contributed by atoms with van der Waals surface area (Å²) in [6.07, 6.45) is 2.05. The Hall–Kier alpha value is -2.70. The normalized spacial score (nSPS) is 19.2. The minimum absolute atomic E-state index is 0.146. The molecule has 1 saturated carbocycles. The summed E-state index contributed by atoms with van der Waals surface area (Å²) in [4.78, 5) is 35.8. The molecule has 3 rings (SSSR count). The Morgan fingerprint density at radius 2 is 1.92 bits per heavy atom. The number of rotatable bonds is 5. The van der Waals surface area contributed by atoms with Gasteiger partial charge in [0, 0.05) is 12.8 Å². The maximum Gasteiger partial charge on any atom is 0.329 e. The number of hydrazone groups is 1. The molecule has 0 atom stereocenters. The number of hydrogen-bond donors (Lipinski definition) is 2. The first-order chi connectivity index (χ1) is 11.5. The molecular weight excluding hydrogens is 310 g/mol. The molecule has 1 aromatic carbocycles. The first-order valence-corrected chi connectivity index (χ1v) is 7.98. The molecular formula is C17H19N3O4. The third-order valence-electron chi connectivity index (χ3n) is 4.51. The van der Waals surface area contributed by atoms with E-state index in [4.69, 9.17) is 0 Å². The third-order valence-corrected chi connectivity index (χ3v) is 4.51. The van der Waals surface area contributed by atoms with Crippen molar-refractivity contribution in [3.8, 4) is 0 Å². The molecule has 1 aromatic rings. The summed E-state index contributed by atoms with van der Waals surface area (Å²) in [6, 6.07) is 9.38. The van der Waals surface area contributed by atoms with Crippen molar-refractivity contribution in [2.75, 3.05) is 0 Å². The highest BCUT2D eigenvalue weighted by Gasteiger charge is 2.46. The molecule has 0 saturated heterocycles. The summed E-state index contributed by atoms with van der Waals surface area (Å²) in [5.74, 6) is -1.66. The lowest BCUT2D eigenvalue weighted by molar-refractivity contribution is -0.150. The van der Waals surface area contributed by atoms with Gasteiger partial charge >= 0.3 is 5.97 Å². The van der Waals surface area contributed by atoms with E-state index in [2.05, 4.69) is 10.4 Å². The van der Waals surface area contributed by atoms with Crippen molar-refractivity contribution in [3.05, 3.63) is 35.9 Å². The lowest BCUT2D eigenvalue weighted by Gasteiger charge is -2.38. The van der Waals surface area contributed by atoms with Gasteiger partial charge in [-0.1, -0.05) is 30.3 Å². The number of aliphatic carboxylic acids is 1. The maximum atomic E-state index is 12.4. The van der Waals surface area contributed by atoms with E-state index in [0.717, 1.165) is 12.0 Å². The minimum Gasteiger partial charge on any atom is -0.480 e. The predicted octanol–water partition coefficient (Wildman–Crippen LogP) is 1.29. The van der Waals surface area contributed by atoms with Crippen molar-refractivity contribution in [1.29, 1.82) is 0 Å². The Morgan fingerprint density at radius 3 is 2.50 bits per heavy atom. The minimum atomic E-state index is -1.18. The largest absolute Gasteiger partial charge is 0.480 e. The second-order valence-electron chi connectivity index (χ2n) is 6.18. The molecule has 1 aliphatic carbocycles. The van der Waals surface area contributed by atoms with Crippen molar-refractivity contribution in [1.82, 2.24) is 10.3 Å². The van der Waals surface area contributed by atoms with Crippen LogP contribution < -0.4 is 5.32 Å². The monoisotopic (exact) mass is 329 g/mol. The topological polar surface area (TPSA) is 99.1 Å². The number of nitrogens with one attached hydrogen (secondary N) is 1. The molecule has 0 bridgehead atoms. The van der Waals surface area contributed by atoms with E-state index < -0.39 is 17.4 Å². The molecule has 1 aliphatic heterocycles. The van der Waals surface area contributed by atoms with E-state index in [9.17, 15) is 19.5 Å². The number of hydrogen-bond acceptors (Lipinski definition) is 4. The molecule has 0 unspecified atom stereocenters. The van der Waals surface area contributed by atoms with E-state index in [1.807, 2.05) is 30.3 Å². The second kappa shape index (κ2) is 6.43. The summed E-state index contributed by atoms with van der Waals surface area (Å²) >= 11 is 0. The van der Waals surface area contributed by atoms with E-state index in [1.165, 1.54) is 5.01 Å². The molecule has 1 heterocycles. The third kappa shape index (κ3) is 3.15. The van der Waals surface area contributed by atoms with Crippen molar-refractivity contribution in [2.24, 2.45) is 5.10 Å². The zero-order valence-electron chi connectivity index (χ0n) is 13.2. The van der Waals surface area contributed by atoms with Gasteiger partial charge in [-0.05, 0) is 24.8 Å². The van der Waals surface area contributed by atoms with E-state index in [0.29, 0.717) is 19.4 Å². The summed E-state index contributed by atoms with van der Waals surface area (Å²) in [6.45, 7) is 0.292. The molecule has 24 heavy (non-hydrogen) atoms. The number of carboxylic acids is 1. The van der Waals surface area contributed by atoms with Crippen LogP contribution in [0.4, 0.5) is 0 Å². The van der Waals surface area contributed by atoms with Crippen molar-refractivity contribution in [3.63, 3.8) is 0 Å². The Balaban J connectivity index is 1.72. The molecule has 7 nitrogen and oxygen atoms in total. The van der Waals surface area contributed by atoms with Crippen LogP contribution in [0.15, 0.2) is 35.4 Å². The summed E-state index contributed by atoms with van der Waals surface area (Å²) in [5, 5.41) is 17.3. The number of amides is 2. The Kier molecular flexibility index (Phi) is 4.33. The first kappa shape index (κ1) is 16.2. The Morgan fingerprint density at radius 1 is 1.21 bits per heavy atom. The van der Waals surface area contributed by atoms with Crippen LogP contribution in [-0.2, 0) is 20.9 Å². The molecule has 1 fully saturated rings. The van der Waals surface area contributed by atoms with Crippen LogP contribution in [0.2, 0.25) is 0 Å². The smallest absolute Gasteiger partial charge is 0.329 e. The summed E-state index contributed by atoms with van der Waals surface area (Å²) < 4.78 is 0. The number of carbonyl (C=O) groups excluding carboxylic acids is 2. The van der Waals surface area contributed by atoms with E-state index >= 15 is 0 Å². The maximum absolute atomic E-state index is 12.4. The van der Waals surface area contributed by atoms with Gasteiger partial charge in [0.25, 0.3) is 5.91 Å². The van der Waals surface area contributed by atoms with Gasteiger partial charge in [-0.25, -0.2) is 9.80 Å². The standard InChI is InChI=1S/C17H19N3O4/c21-14-8-7-13(15(22)18-17(16(23)24)9-4-10-17)19-20(14)11-12-5-2-1-3-6-12/h1-3,5-6H,4,7-11H2,(H,18,22)(H,23,24). The van der Waals surface area contributed by atoms with Gasteiger partial charge in [0.1, 0.15) is 11.3 Å². The first-order valence-electron chi connectivity index (χ1n) is 7.98. The van der Waals surface area contributed by atoms with Crippen molar-refractivity contribution in [2.45, 2.75) is 44.2 Å².